The van der Waals surface area contributed by atoms with Crippen LogP contribution in [0.5, 0.6) is 0 Å². The Morgan fingerprint density at radius 1 is 1.09 bits per heavy atom. The fourth-order valence-electron chi connectivity index (χ4n) is 5.82. The van der Waals surface area contributed by atoms with Crippen LogP contribution in [0.3, 0.4) is 0 Å². The first-order chi connectivity index (χ1) is 24.5. The number of carbonyl (C=O) groups excluding carboxylic acids is 4. The number of hydrogen-bond donors (Lipinski definition) is 2. The summed E-state index contributed by atoms with van der Waals surface area (Å²) >= 11 is -1.96. The summed E-state index contributed by atoms with van der Waals surface area (Å²) in [6.45, 7) is 6.13. The molecule has 19 heteroatoms. The number of rotatable bonds is 13. The van der Waals surface area contributed by atoms with Crippen molar-refractivity contribution in [2.45, 2.75) is 76.6 Å². The van der Waals surface area contributed by atoms with Crippen molar-refractivity contribution in [1.29, 1.82) is 0 Å². The van der Waals surface area contributed by atoms with Crippen molar-refractivity contribution in [2.75, 3.05) is 26.8 Å². The van der Waals surface area contributed by atoms with Crippen molar-refractivity contribution in [2.24, 2.45) is 11.3 Å². The minimum absolute atomic E-state index is 0.0164. The molecule has 0 bridgehead atoms. The third kappa shape index (κ3) is 8.27. The number of hydroxylamine groups is 2. The van der Waals surface area contributed by atoms with E-state index in [2.05, 4.69) is 20.1 Å². The van der Waals surface area contributed by atoms with Crippen molar-refractivity contribution >= 4 is 40.8 Å². The van der Waals surface area contributed by atoms with E-state index in [1.54, 1.807) is 20.8 Å². The summed E-state index contributed by atoms with van der Waals surface area (Å²) in [5.41, 5.74) is -1.62. The predicted octanol–water partition coefficient (Wildman–Crippen LogP) is 4.61. The summed E-state index contributed by atoms with van der Waals surface area (Å²) < 4.78 is 80.9. The maximum atomic E-state index is 15.1. The second-order valence-electron chi connectivity index (χ2n) is 14.8. The molecule has 2 N–H and O–H groups in total. The fourth-order valence-corrected chi connectivity index (χ4v) is 6.69. The summed E-state index contributed by atoms with van der Waals surface area (Å²) in [5.74, 6) is -11.4. The van der Waals surface area contributed by atoms with Crippen LogP contribution >= 0.6 is 0 Å². The molecule has 0 aliphatic carbocycles. The topological polar surface area (TPSA) is 171 Å². The number of alkyl halides is 4. The van der Waals surface area contributed by atoms with Crippen LogP contribution in [-0.2, 0) is 25.7 Å². The molecule has 0 saturated carbocycles. The van der Waals surface area contributed by atoms with Gasteiger partial charge in [0, 0.05) is 29.5 Å². The first kappa shape index (κ1) is 39.9. The van der Waals surface area contributed by atoms with Gasteiger partial charge in [0.1, 0.15) is 10.8 Å². The lowest BCUT2D eigenvalue weighted by Crippen LogP contribution is -2.58. The Bertz CT molecular complexity index is 1860. The normalized spacial score (nSPS) is 18.8. The number of nitrogens with one attached hydrogen (secondary N) is 2. The van der Waals surface area contributed by atoms with E-state index in [1.807, 2.05) is 0 Å². The van der Waals surface area contributed by atoms with Gasteiger partial charge < -0.3 is 24.3 Å². The molecule has 1 fully saturated rings. The van der Waals surface area contributed by atoms with Crippen LogP contribution in [0, 0.1) is 11.3 Å². The lowest BCUT2D eigenvalue weighted by molar-refractivity contribution is -0.179. The van der Waals surface area contributed by atoms with E-state index in [0.29, 0.717) is 6.92 Å². The number of imide groups is 1. The van der Waals surface area contributed by atoms with Crippen LogP contribution in [0.2, 0.25) is 0 Å². The van der Waals surface area contributed by atoms with E-state index in [0.717, 1.165) is 4.90 Å². The third-order valence-electron chi connectivity index (χ3n) is 9.28. The van der Waals surface area contributed by atoms with Gasteiger partial charge in [-0.15, -0.1) is 4.72 Å². The third-order valence-corrected chi connectivity index (χ3v) is 10.9. The molecule has 4 heterocycles. The highest BCUT2D eigenvalue weighted by molar-refractivity contribution is 7.90. The fraction of sp³-hybridized carbons (Fsp3) is 0.529. The molecule has 2 aliphatic rings. The number of carbonyl (C=O) groups is 4. The molecule has 1 saturated heterocycles. The maximum Gasteiger partial charge on any atom is 0.338 e. The Morgan fingerprint density at radius 2 is 1.72 bits per heavy atom. The van der Waals surface area contributed by atoms with Crippen LogP contribution in [0.1, 0.15) is 92.0 Å². The van der Waals surface area contributed by atoms with Crippen molar-refractivity contribution < 1.29 is 50.9 Å². The number of halogens is 4. The van der Waals surface area contributed by atoms with Gasteiger partial charge in [0.2, 0.25) is 5.92 Å². The van der Waals surface area contributed by atoms with Gasteiger partial charge in [-0.1, -0.05) is 31.0 Å². The highest BCUT2D eigenvalue weighted by Crippen LogP contribution is 2.44. The van der Waals surface area contributed by atoms with E-state index >= 15 is 8.78 Å². The van der Waals surface area contributed by atoms with Crippen molar-refractivity contribution in [1.82, 2.24) is 34.6 Å². The molecule has 3 unspecified atom stereocenters. The minimum atomic E-state index is -3.36. The number of benzene rings is 1. The molecule has 2 aliphatic heterocycles. The SMILES string of the molecule is COCC(c1cnn2cc(C(N[S@@+]([O-])C(C)(C)C)C(CC(C)(C)C(C)(F)F)C(=O)ON3C(=O)c4ccccc4C3=O)nc2c1)N1CC(F)(F)CNC1=O. The number of aromatic nitrogens is 3. The zero-order valence-electron chi connectivity index (χ0n) is 30.1. The van der Waals surface area contributed by atoms with Crippen LogP contribution < -0.4 is 10.0 Å². The molecular formula is C34H41F4N7O7S. The van der Waals surface area contributed by atoms with Crippen LogP contribution in [-0.4, -0.2) is 96.3 Å². The first-order valence-electron chi connectivity index (χ1n) is 16.6. The van der Waals surface area contributed by atoms with E-state index < -0.39 is 94.7 Å². The Morgan fingerprint density at radius 3 is 2.28 bits per heavy atom. The number of imidazole rings is 1. The number of methoxy groups -OCH3 is 1. The second-order valence-corrected chi connectivity index (χ2v) is 16.8. The van der Waals surface area contributed by atoms with Gasteiger partial charge in [-0.3, -0.25) is 9.59 Å². The van der Waals surface area contributed by atoms with Gasteiger partial charge in [-0.05, 0) is 52.3 Å². The molecule has 3 aromatic rings. The van der Waals surface area contributed by atoms with Crippen LogP contribution in [0.4, 0.5) is 22.4 Å². The Balaban J connectivity index is 1.58. The number of fused-ring (bicyclic) bond motifs is 2. The number of amides is 4. The van der Waals surface area contributed by atoms with Gasteiger partial charge in [-0.2, -0.15) is 5.10 Å². The average Bonchev–Trinajstić information content (AvgIpc) is 3.59. The Kier molecular flexibility index (Phi) is 10.9. The molecule has 5 rings (SSSR count). The average molecular weight is 768 g/mol. The molecule has 14 nitrogen and oxygen atoms in total. The Labute approximate surface area is 305 Å². The molecule has 53 heavy (non-hydrogen) atoms. The first-order valence-corrected chi connectivity index (χ1v) is 17.7. The summed E-state index contributed by atoms with van der Waals surface area (Å²) in [6.07, 6.45) is 2.05. The molecule has 4 atom stereocenters. The molecule has 2 aromatic heterocycles. The molecular weight excluding hydrogens is 726 g/mol. The van der Waals surface area contributed by atoms with Gasteiger partial charge in [0.25, 0.3) is 17.7 Å². The lowest BCUT2D eigenvalue weighted by Gasteiger charge is -2.38. The maximum absolute atomic E-state index is 15.1. The van der Waals surface area contributed by atoms with Crippen LogP contribution in [0.15, 0.2) is 42.7 Å². The summed E-state index contributed by atoms with van der Waals surface area (Å²) in [4.78, 5) is 64.0. The van der Waals surface area contributed by atoms with Gasteiger partial charge in [0.15, 0.2) is 5.65 Å². The second kappa shape index (κ2) is 14.5. The molecule has 4 amide bonds. The predicted molar refractivity (Wildman–Crippen MR) is 182 cm³/mol. The number of urea groups is 1. The Hall–Kier alpha value is -4.33. The highest BCUT2D eigenvalue weighted by atomic mass is 32.2. The number of hydrogen-bond acceptors (Lipinski definition) is 10. The van der Waals surface area contributed by atoms with Crippen molar-refractivity contribution in [3.8, 4) is 0 Å². The summed E-state index contributed by atoms with van der Waals surface area (Å²) in [7, 11) is 1.33. The summed E-state index contributed by atoms with van der Waals surface area (Å²) in [5, 5.41) is 6.76. The van der Waals surface area contributed by atoms with E-state index in [4.69, 9.17) is 9.57 Å². The quantitative estimate of drug-likeness (QED) is 0.142. The number of ether oxygens (including phenoxy) is 1. The van der Waals surface area contributed by atoms with Crippen molar-refractivity contribution in [3.63, 3.8) is 0 Å². The zero-order chi connectivity index (χ0) is 39.3. The molecule has 0 spiro atoms. The highest BCUT2D eigenvalue weighted by Gasteiger charge is 2.50. The van der Waals surface area contributed by atoms with E-state index in [-0.39, 0.29) is 39.7 Å². The van der Waals surface area contributed by atoms with Gasteiger partial charge in [-0.25, -0.2) is 36.7 Å². The molecule has 1 aromatic carbocycles. The lowest BCUT2D eigenvalue weighted by atomic mass is 9.75. The monoisotopic (exact) mass is 767 g/mol. The van der Waals surface area contributed by atoms with E-state index in [9.17, 15) is 32.5 Å². The molecule has 288 valence electrons. The minimum Gasteiger partial charge on any atom is -0.598 e. The van der Waals surface area contributed by atoms with Crippen molar-refractivity contribution in [3.05, 3.63) is 65.1 Å². The smallest absolute Gasteiger partial charge is 0.338 e. The zero-order valence-corrected chi connectivity index (χ0v) is 30.9. The van der Waals surface area contributed by atoms with Gasteiger partial charge in [0.05, 0.1) is 60.9 Å². The van der Waals surface area contributed by atoms with E-state index in [1.165, 1.54) is 68.2 Å². The number of nitrogens with zero attached hydrogens (tertiary/aromatic N) is 5. The standard InChI is InChI=1S/C34H41F4N7O7S/c1-31(2,3)53(50)42-26(22(13-32(4,5)33(6,35)36)29(48)52-45-27(46)20-10-8-9-11-21(20)28(45)47)23-15-44-25(41-23)12-19(14-40-44)24(16-51-7)43-18-34(37,38)17-39-30(43)49/h8-12,14-15,22,24,26,42H,13,16-18H2,1-7H3,(H,39,49)/t22?,24?,26?,53-/m0/s1. The van der Waals surface area contributed by atoms with Gasteiger partial charge >= 0.3 is 12.0 Å². The molecule has 0 radical (unpaired) electrons. The summed E-state index contributed by atoms with van der Waals surface area (Å²) in [6, 6.07) is 4.02. The largest absolute Gasteiger partial charge is 0.598 e. The van der Waals surface area contributed by atoms with Crippen LogP contribution in [0.25, 0.3) is 5.65 Å².